The normalized spacial score (nSPS) is 16.4. The number of anilines is 1. The summed E-state index contributed by atoms with van der Waals surface area (Å²) in [7, 11) is 0. The molecule has 0 saturated heterocycles. The van der Waals surface area contributed by atoms with Crippen molar-refractivity contribution in [2.24, 2.45) is 0 Å². The van der Waals surface area contributed by atoms with Crippen LogP contribution in [-0.4, -0.2) is 17.1 Å². The third kappa shape index (κ3) is 2.38. The first-order valence-corrected chi connectivity index (χ1v) is 7.61. The van der Waals surface area contributed by atoms with Crippen LogP contribution in [0, 0.1) is 10.1 Å². The molecular weight excluding hydrogens is 288 g/mol. The smallest absolute Gasteiger partial charge is 0.270 e. The van der Waals surface area contributed by atoms with Crippen LogP contribution < -0.4 is 5.32 Å². The van der Waals surface area contributed by atoms with Gasteiger partial charge in [-0.05, 0) is 29.0 Å². The number of nitro benzene ring substituents is 1. The third-order valence-electron chi connectivity index (χ3n) is 3.46. The SMILES string of the molecule is CSC1C(=O)Nc2cc(-c3cccc([N+](=O)[O-])c3)ccc21. The Balaban J connectivity index is 2.03. The van der Waals surface area contributed by atoms with E-state index in [1.807, 2.05) is 30.5 Å². The molecule has 5 nitrogen and oxygen atoms in total. The van der Waals surface area contributed by atoms with E-state index < -0.39 is 4.92 Å². The summed E-state index contributed by atoms with van der Waals surface area (Å²) >= 11 is 1.49. The van der Waals surface area contributed by atoms with Crippen LogP contribution in [0.25, 0.3) is 11.1 Å². The molecule has 0 saturated carbocycles. The second kappa shape index (κ2) is 5.21. The maximum atomic E-state index is 11.8. The van der Waals surface area contributed by atoms with Crippen molar-refractivity contribution >= 4 is 29.0 Å². The molecule has 0 aromatic heterocycles. The Morgan fingerprint density at radius 2 is 1.95 bits per heavy atom. The first kappa shape index (κ1) is 13.6. The van der Waals surface area contributed by atoms with Crippen LogP contribution in [0.5, 0.6) is 0 Å². The van der Waals surface area contributed by atoms with Crippen LogP contribution >= 0.6 is 11.8 Å². The third-order valence-corrected chi connectivity index (χ3v) is 4.40. The highest BCUT2D eigenvalue weighted by molar-refractivity contribution is 7.99. The number of thioether (sulfide) groups is 1. The number of carbonyl (C=O) groups is 1. The Morgan fingerprint density at radius 1 is 1.19 bits per heavy atom. The number of nitrogens with one attached hydrogen (secondary N) is 1. The maximum absolute atomic E-state index is 11.8. The van der Waals surface area contributed by atoms with Crippen molar-refractivity contribution < 1.29 is 9.72 Å². The van der Waals surface area contributed by atoms with Gasteiger partial charge in [0.2, 0.25) is 5.91 Å². The zero-order valence-corrected chi connectivity index (χ0v) is 12.0. The van der Waals surface area contributed by atoms with Crippen LogP contribution in [0.15, 0.2) is 42.5 Å². The molecule has 1 aliphatic rings. The van der Waals surface area contributed by atoms with E-state index >= 15 is 0 Å². The molecule has 1 aliphatic heterocycles. The Morgan fingerprint density at radius 3 is 2.67 bits per heavy atom. The van der Waals surface area contributed by atoms with Gasteiger partial charge < -0.3 is 5.32 Å². The van der Waals surface area contributed by atoms with Gasteiger partial charge in [0.1, 0.15) is 5.25 Å². The largest absolute Gasteiger partial charge is 0.324 e. The van der Waals surface area contributed by atoms with Gasteiger partial charge in [-0.15, -0.1) is 11.8 Å². The van der Waals surface area contributed by atoms with Crippen LogP contribution in [0.4, 0.5) is 11.4 Å². The molecule has 1 amide bonds. The fourth-order valence-electron chi connectivity index (χ4n) is 2.45. The van der Waals surface area contributed by atoms with E-state index in [0.29, 0.717) is 0 Å². The number of hydrogen-bond donors (Lipinski definition) is 1. The minimum atomic E-state index is -0.414. The number of rotatable bonds is 3. The molecule has 0 bridgehead atoms. The highest BCUT2D eigenvalue weighted by Crippen LogP contribution is 2.40. The Kier molecular flexibility index (Phi) is 3.39. The lowest BCUT2D eigenvalue weighted by Gasteiger charge is -2.06. The Labute approximate surface area is 125 Å². The number of non-ortho nitro benzene ring substituents is 1. The van der Waals surface area contributed by atoms with E-state index in [1.165, 1.54) is 23.9 Å². The highest BCUT2D eigenvalue weighted by atomic mass is 32.2. The van der Waals surface area contributed by atoms with Crippen molar-refractivity contribution in [3.63, 3.8) is 0 Å². The number of amides is 1. The van der Waals surface area contributed by atoms with Crippen molar-refractivity contribution in [3.05, 3.63) is 58.1 Å². The maximum Gasteiger partial charge on any atom is 0.270 e. The number of carbonyl (C=O) groups excluding carboxylic acids is 1. The Hall–Kier alpha value is -2.34. The molecule has 1 unspecified atom stereocenters. The van der Waals surface area contributed by atoms with Gasteiger partial charge in [0, 0.05) is 17.8 Å². The lowest BCUT2D eigenvalue weighted by Crippen LogP contribution is -2.08. The molecule has 0 radical (unpaired) electrons. The summed E-state index contributed by atoms with van der Waals surface area (Å²) in [5, 5.41) is 13.5. The van der Waals surface area contributed by atoms with Crippen molar-refractivity contribution in [3.8, 4) is 11.1 Å². The molecule has 6 heteroatoms. The van der Waals surface area contributed by atoms with Crippen molar-refractivity contribution in [2.75, 3.05) is 11.6 Å². The van der Waals surface area contributed by atoms with Gasteiger partial charge in [-0.25, -0.2) is 0 Å². The van der Waals surface area contributed by atoms with Gasteiger partial charge in [-0.1, -0.05) is 24.3 Å². The number of nitro groups is 1. The molecule has 21 heavy (non-hydrogen) atoms. The van der Waals surface area contributed by atoms with E-state index in [-0.39, 0.29) is 16.8 Å². The number of hydrogen-bond acceptors (Lipinski definition) is 4. The van der Waals surface area contributed by atoms with Gasteiger partial charge in [0.05, 0.1) is 4.92 Å². The number of fused-ring (bicyclic) bond motifs is 1. The zero-order valence-electron chi connectivity index (χ0n) is 11.2. The van der Waals surface area contributed by atoms with Crippen LogP contribution in [0.1, 0.15) is 10.8 Å². The minimum Gasteiger partial charge on any atom is -0.324 e. The average Bonchev–Trinajstić information content (AvgIpc) is 2.81. The van der Waals surface area contributed by atoms with E-state index in [4.69, 9.17) is 0 Å². The average molecular weight is 300 g/mol. The summed E-state index contributed by atoms with van der Waals surface area (Å²) in [5.74, 6) is -0.0197. The van der Waals surface area contributed by atoms with Gasteiger partial charge in [0.25, 0.3) is 5.69 Å². The summed E-state index contributed by atoms with van der Waals surface area (Å²) in [6.07, 6.45) is 1.90. The highest BCUT2D eigenvalue weighted by Gasteiger charge is 2.29. The summed E-state index contributed by atoms with van der Waals surface area (Å²) in [6.45, 7) is 0. The van der Waals surface area contributed by atoms with Gasteiger partial charge >= 0.3 is 0 Å². The van der Waals surface area contributed by atoms with E-state index in [0.717, 1.165) is 22.4 Å². The van der Waals surface area contributed by atoms with Gasteiger partial charge in [-0.2, -0.15) is 0 Å². The molecule has 0 spiro atoms. The van der Waals surface area contributed by atoms with E-state index in [2.05, 4.69) is 5.32 Å². The quantitative estimate of drug-likeness (QED) is 0.694. The topological polar surface area (TPSA) is 72.2 Å². The molecule has 0 aliphatic carbocycles. The first-order valence-electron chi connectivity index (χ1n) is 6.32. The number of nitrogens with zero attached hydrogens (tertiary/aromatic N) is 1. The predicted molar refractivity (Wildman–Crippen MR) is 83.4 cm³/mol. The lowest BCUT2D eigenvalue weighted by atomic mass is 10.0. The van der Waals surface area contributed by atoms with E-state index in [9.17, 15) is 14.9 Å². The molecule has 2 aromatic rings. The second-order valence-electron chi connectivity index (χ2n) is 4.71. The summed E-state index contributed by atoms with van der Waals surface area (Å²) in [6, 6.07) is 12.1. The van der Waals surface area contributed by atoms with Crippen LogP contribution in [-0.2, 0) is 4.79 Å². The lowest BCUT2D eigenvalue weighted by molar-refractivity contribution is -0.384. The summed E-state index contributed by atoms with van der Waals surface area (Å²) in [5.41, 5.74) is 3.40. The van der Waals surface area contributed by atoms with Crippen molar-refractivity contribution in [1.82, 2.24) is 0 Å². The number of benzene rings is 2. The molecule has 106 valence electrons. The minimum absolute atomic E-state index is 0.0197. The zero-order chi connectivity index (χ0) is 15.0. The van der Waals surface area contributed by atoms with E-state index in [1.54, 1.807) is 6.07 Å². The molecule has 2 aromatic carbocycles. The molecular formula is C15H12N2O3S. The summed E-state index contributed by atoms with van der Waals surface area (Å²) < 4.78 is 0. The monoisotopic (exact) mass is 300 g/mol. The standard InChI is InChI=1S/C15H12N2O3S/c1-21-14-12-6-5-10(8-13(12)16-15(14)18)9-3-2-4-11(7-9)17(19)20/h2-8,14H,1H3,(H,16,18). The Bertz CT molecular complexity index is 745. The fraction of sp³-hybridized carbons (Fsp3) is 0.133. The molecule has 0 fully saturated rings. The van der Waals surface area contributed by atoms with Crippen molar-refractivity contribution in [1.29, 1.82) is 0 Å². The second-order valence-corrected chi connectivity index (χ2v) is 5.66. The van der Waals surface area contributed by atoms with Crippen molar-refractivity contribution in [2.45, 2.75) is 5.25 Å². The molecule has 1 heterocycles. The van der Waals surface area contributed by atoms with Gasteiger partial charge in [0.15, 0.2) is 0 Å². The summed E-state index contributed by atoms with van der Waals surface area (Å²) in [4.78, 5) is 22.3. The van der Waals surface area contributed by atoms with Crippen LogP contribution in [0.3, 0.4) is 0 Å². The molecule has 1 N–H and O–H groups in total. The fourth-order valence-corrected chi connectivity index (χ4v) is 3.18. The molecule has 1 atom stereocenters. The van der Waals surface area contributed by atoms with Crippen LogP contribution in [0.2, 0.25) is 0 Å². The molecule has 3 rings (SSSR count). The van der Waals surface area contributed by atoms with Gasteiger partial charge in [-0.3, -0.25) is 14.9 Å². The predicted octanol–water partition coefficient (Wildman–Crippen LogP) is 3.62. The first-order chi connectivity index (χ1) is 10.1.